The predicted molar refractivity (Wildman–Crippen MR) is 152 cm³/mol. The molecule has 0 saturated heterocycles. The molecule has 0 radical (unpaired) electrons. The summed E-state index contributed by atoms with van der Waals surface area (Å²) in [6, 6.07) is 19.5. The number of aryl methyl sites for hydroxylation is 2. The van der Waals surface area contributed by atoms with Crippen LogP contribution in [0.1, 0.15) is 37.0 Å². The molecule has 0 saturated carbocycles. The summed E-state index contributed by atoms with van der Waals surface area (Å²) in [5.41, 5.74) is 2.99. The second-order valence-electron chi connectivity index (χ2n) is 9.21. The molecule has 0 aliphatic heterocycles. The molecule has 0 bridgehead atoms. The highest BCUT2D eigenvalue weighted by atomic mass is 35.5. The molecule has 0 spiro atoms. The lowest BCUT2D eigenvalue weighted by atomic mass is 10.1. The molecule has 0 unspecified atom stereocenters. The summed E-state index contributed by atoms with van der Waals surface area (Å²) in [7, 11) is -4.09. The van der Waals surface area contributed by atoms with Gasteiger partial charge in [-0.25, -0.2) is 8.42 Å². The first kappa shape index (κ1) is 29.2. The zero-order chi connectivity index (χ0) is 27.9. The number of amides is 2. The fraction of sp³-hybridized carbons (Fsp3) is 0.310. The number of carbonyl (C=O) groups excluding carboxylic acids is 2. The van der Waals surface area contributed by atoms with Gasteiger partial charge in [-0.3, -0.25) is 13.9 Å². The largest absolute Gasteiger partial charge is 0.354 e. The monoisotopic (exact) mass is 555 g/mol. The van der Waals surface area contributed by atoms with Crippen molar-refractivity contribution in [3.05, 3.63) is 94.5 Å². The van der Waals surface area contributed by atoms with E-state index in [4.69, 9.17) is 11.6 Å². The van der Waals surface area contributed by atoms with Crippen molar-refractivity contribution in [1.29, 1.82) is 0 Å². The van der Waals surface area contributed by atoms with Crippen LogP contribution in [0.2, 0.25) is 5.02 Å². The SMILES string of the molecule is CCCNC(=O)[C@@H](C)N(Cc1cccc(Cl)c1)C(=O)CN(c1ccc(C)c(C)c1)S(=O)(=O)c1ccccc1. The first-order chi connectivity index (χ1) is 18.0. The summed E-state index contributed by atoms with van der Waals surface area (Å²) in [4.78, 5) is 28.2. The van der Waals surface area contributed by atoms with Crippen LogP contribution in [0, 0.1) is 13.8 Å². The van der Waals surface area contributed by atoms with E-state index in [1.165, 1.54) is 17.0 Å². The normalized spacial score (nSPS) is 12.0. The van der Waals surface area contributed by atoms with E-state index < -0.39 is 28.5 Å². The van der Waals surface area contributed by atoms with Crippen molar-refractivity contribution in [3.8, 4) is 0 Å². The van der Waals surface area contributed by atoms with E-state index in [1.54, 1.807) is 55.5 Å². The van der Waals surface area contributed by atoms with Crippen LogP contribution in [0.25, 0.3) is 0 Å². The van der Waals surface area contributed by atoms with Crippen molar-refractivity contribution in [3.63, 3.8) is 0 Å². The highest BCUT2D eigenvalue weighted by Gasteiger charge is 2.32. The van der Waals surface area contributed by atoms with Gasteiger partial charge >= 0.3 is 0 Å². The first-order valence-electron chi connectivity index (χ1n) is 12.5. The zero-order valence-corrected chi connectivity index (χ0v) is 23.7. The van der Waals surface area contributed by atoms with Gasteiger partial charge in [-0.2, -0.15) is 0 Å². The Bertz CT molecular complexity index is 1380. The van der Waals surface area contributed by atoms with Gasteiger partial charge in [-0.1, -0.05) is 54.9 Å². The van der Waals surface area contributed by atoms with Gasteiger partial charge in [0.15, 0.2) is 0 Å². The second kappa shape index (κ2) is 12.9. The van der Waals surface area contributed by atoms with Gasteiger partial charge < -0.3 is 10.2 Å². The van der Waals surface area contributed by atoms with Crippen LogP contribution in [0.4, 0.5) is 5.69 Å². The smallest absolute Gasteiger partial charge is 0.264 e. The predicted octanol–water partition coefficient (Wildman–Crippen LogP) is 5.10. The molecule has 0 heterocycles. The highest BCUT2D eigenvalue weighted by Crippen LogP contribution is 2.26. The van der Waals surface area contributed by atoms with Crippen LogP contribution in [0.3, 0.4) is 0 Å². The lowest BCUT2D eigenvalue weighted by Gasteiger charge is -2.32. The molecule has 0 aliphatic rings. The Morgan fingerprint density at radius 1 is 0.947 bits per heavy atom. The average molecular weight is 556 g/mol. The summed E-state index contributed by atoms with van der Waals surface area (Å²) in [6.45, 7) is 7.48. The van der Waals surface area contributed by atoms with E-state index in [-0.39, 0.29) is 17.3 Å². The van der Waals surface area contributed by atoms with Gasteiger partial charge in [-0.15, -0.1) is 0 Å². The van der Waals surface area contributed by atoms with Gasteiger partial charge in [0, 0.05) is 18.1 Å². The van der Waals surface area contributed by atoms with Gasteiger partial charge in [0.2, 0.25) is 11.8 Å². The maximum Gasteiger partial charge on any atom is 0.264 e. The number of rotatable bonds is 11. The minimum atomic E-state index is -4.09. The van der Waals surface area contributed by atoms with Gasteiger partial charge in [0.05, 0.1) is 10.6 Å². The third-order valence-corrected chi connectivity index (χ3v) is 8.37. The number of hydrogen-bond donors (Lipinski definition) is 1. The van der Waals surface area contributed by atoms with E-state index in [1.807, 2.05) is 32.9 Å². The molecule has 2 amide bonds. The fourth-order valence-electron chi connectivity index (χ4n) is 3.94. The van der Waals surface area contributed by atoms with Crippen LogP contribution in [0.15, 0.2) is 77.7 Å². The molecule has 0 aliphatic carbocycles. The fourth-order valence-corrected chi connectivity index (χ4v) is 5.58. The molecule has 3 rings (SSSR count). The van der Waals surface area contributed by atoms with Crippen LogP contribution in [0.5, 0.6) is 0 Å². The molecular weight excluding hydrogens is 522 g/mol. The standard InChI is InChI=1S/C29H34ClN3O4S/c1-5-16-31-29(35)23(4)32(19-24-10-9-11-25(30)18-24)28(34)20-33(26-15-14-21(2)22(3)17-26)38(36,37)27-12-7-6-8-13-27/h6-15,17-18,23H,5,16,19-20H2,1-4H3,(H,31,35)/t23-/m1/s1. The molecule has 38 heavy (non-hydrogen) atoms. The van der Waals surface area contributed by atoms with E-state index in [9.17, 15) is 18.0 Å². The second-order valence-corrected chi connectivity index (χ2v) is 11.5. The Labute approximate surface area is 230 Å². The summed E-state index contributed by atoms with van der Waals surface area (Å²) in [5.74, 6) is -0.826. The Morgan fingerprint density at radius 3 is 2.29 bits per heavy atom. The number of halogens is 1. The highest BCUT2D eigenvalue weighted by molar-refractivity contribution is 7.92. The van der Waals surface area contributed by atoms with Gasteiger partial charge in [0.25, 0.3) is 10.0 Å². The molecule has 3 aromatic carbocycles. The molecule has 3 aromatic rings. The third kappa shape index (κ3) is 7.14. The molecule has 9 heteroatoms. The Morgan fingerprint density at radius 2 is 1.66 bits per heavy atom. The van der Waals surface area contributed by atoms with E-state index in [2.05, 4.69) is 5.32 Å². The quantitative estimate of drug-likeness (QED) is 0.357. The zero-order valence-electron chi connectivity index (χ0n) is 22.1. The topological polar surface area (TPSA) is 86.8 Å². The van der Waals surface area contributed by atoms with Crippen molar-refractivity contribution < 1.29 is 18.0 Å². The van der Waals surface area contributed by atoms with Crippen LogP contribution in [-0.2, 0) is 26.2 Å². The van der Waals surface area contributed by atoms with Gasteiger partial charge in [-0.05, 0) is 80.3 Å². The molecule has 1 N–H and O–H groups in total. The summed E-state index contributed by atoms with van der Waals surface area (Å²) in [5, 5.41) is 3.33. The first-order valence-corrected chi connectivity index (χ1v) is 14.3. The average Bonchev–Trinajstić information content (AvgIpc) is 2.90. The molecular formula is C29H34ClN3O4S. The molecule has 0 fully saturated rings. The summed E-state index contributed by atoms with van der Waals surface area (Å²) < 4.78 is 28.7. The lowest BCUT2D eigenvalue weighted by molar-refractivity contribution is -0.139. The van der Waals surface area contributed by atoms with Crippen LogP contribution >= 0.6 is 11.6 Å². The molecule has 0 aromatic heterocycles. The molecule has 7 nitrogen and oxygen atoms in total. The Hall–Kier alpha value is -3.36. The van der Waals surface area contributed by atoms with Crippen molar-refractivity contribution in [2.45, 2.75) is 51.6 Å². The molecule has 1 atom stereocenters. The summed E-state index contributed by atoms with van der Waals surface area (Å²) in [6.07, 6.45) is 0.747. The number of nitrogens with one attached hydrogen (secondary N) is 1. The van der Waals surface area contributed by atoms with Gasteiger partial charge in [0.1, 0.15) is 12.6 Å². The number of nitrogens with zero attached hydrogens (tertiary/aromatic N) is 2. The van der Waals surface area contributed by atoms with E-state index >= 15 is 0 Å². The lowest BCUT2D eigenvalue weighted by Crippen LogP contribution is -2.51. The maximum absolute atomic E-state index is 13.9. The number of anilines is 1. The number of sulfonamides is 1. The number of hydrogen-bond acceptors (Lipinski definition) is 4. The van der Waals surface area contributed by atoms with Crippen LogP contribution in [-0.4, -0.2) is 44.3 Å². The van der Waals surface area contributed by atoms with Crippen molar-refractivity contribution in [2.75, 3.05) is 17.4 Å². The maximum atomic E-state index is 13.9. The number of carbonyl (C=O) groups is 2. The van der Waals surface area contributed by atoms with Crippen molar-refractivity contribution in [1.82, 2.24) is 10.2 Å². The van der Waals surface area contributed by atoms with Crippen molar-refractivity contribution in [2.24, 2.45) is 0 Å². The van der Waals surface area contributed by atoms with Crippen LogP contribution < -0.4 is 9.62 Å². The van der Waals surface area contributed by atoms with E-state index in [0.717, 1.165) is 27.4 Å². The van der Waals surface area contributed by atoms with E-state index in [0.29, 0.717) is 17.3 Å². The van der Waals surface area contributed by atoms with Crippen molar-refractivity contribution >= 4 is 39.1 Å². The number of benzene rings is 3. The Kier molecular flexibility index (Phi) is 9.94. The minimum absolute atomic E-state index is 0.0705. The summed E-state index contributed by atoms with van der Waals surface area (Å²) >= 11 is 6.17. The minimum Gasteiger partial charge on any atom is -0.354 e. The molecule has 202 valence electrons. The Balaban J connectivity index is 2.03. The third-order valence-electron chi connectivity index (χ3n) is 6.35.